The van der Waals surface area contributed by atoms with Gasteiger partial charge in [0.15, 0.2) is 5.13 Å². The van der Waals surface area contributed by atoms with Crippen molar-refractivity contribution in [2.75, 3.05) is 23.9 Å². The molecule has 0 fully saturated rings. The highest BCUT2D eigenvalue weighted by Crippen LogP contribution is 2.41. The van der Waals surface area contributed by atoms with Crippen LogP contribution in [0.3, 0.4) is 0 Å². The van der Waals surface area contributed by atoms with Crippen molar-refractivity contribution in [2.45, 2.75) is 19.8 Å². The van der Waals surface area contributed by atoms with E-state index in [2.05, 4.69) is 21.4 Å². The second-order valence-corrected chi connectivity index (χ2v) is 9.16. The lowest BCUT2D eigenvalue weighted by Crippen LogP contribution is -2.12. The molecule has 3 aromatic heterocycles. The minimum Gasteiger partial charge on any atom is -0.497 e. The molecule has 0 saturated carbocycles. The monoisotopic (exact) mass is 464 g/mol. The van der Waals surface area contributed by atoms with Gasteiger partial charge in [-0.15, -0.1) is 22.7 Å². The van der Waals surface area contributed by atoms with Gasteiger partial charge in [0.05, 0.1) is 24.1 Å². The fourth-order valence-electron chi connectivity index (χ4n) is 3.46. The average molecular weight is 465 g/mol. The molecule has 0 aliphatic rings. The highest BCUT2D eigenvalue weighted by molar-refractivity contribution is 7.21. The first-order valence-corrected chi connectivity index (χ1v) is 11.4. The first-order chi connectivity index (χ1) is 15.3. The zero-order valence-corrected chi connectivity index (χ0v) is 19.2. The van der Waals surface area contributed by atoms with Crippen LogP contribution in [0.15, 0.2) is 29.6 Å². The summed E-state index contributed by atoms with van der Waals surface area (Å²) in [7, 11) is 1.61. The van der Waals surface area contributed by atoms with E-state index in [9.17, 15) is 10.1 Å². The molecule has 4 rings (SSSR count). The molecule has 0 radical (unpaired) electrons. The molecular formula is C22H20N6O2S2. The third kappa shape index (κ3) is 3.72. The third-order valence-corrected chi connectivity index (χ3v) is 6.78. The van der Waals surface area contributed by atoms with Crippen LogP contribution in [0.2, 0.25) is 0 Å². The second kappa shape index (κ2) is 8.45. The van der Waals surface area contributed by atoms with Crippen LogP contribution in [0.5, 0.6) is 5.75 Å². The lowest BCUT2D eigenvalue weighted by molar-refractivity contribution is 0.103. The van der Waals surface area contributed by atoms with Crippen molar-refractivity contribution in [3.05, 3.63) is 45.6 Å². The summed E-state index contributed by atoms with van der Waals surface area (Å²) in [6.45, 7) is 3.89. The Morgan fingerprint density at radius 3 is 2.75 bits per heavy atom. The fraction of sp³-hybridized carbons (Fsp3) is 0.182. The zero-order chi connectivity index (χ0) is 23.0. The van der Waals surface area contributed by atoms with E-state index in [-0.39, 0.29) is 17.6 Å². The van der Waals surface area contributed by atoms with Gasteiger partial charge in [0, 0.05) is 16.3 Å². The highest BCUT2D eigenvalue weighted by atomic mass is 32.1. The number of nitrogens with one attached hydrogen (secondary N) is 1. The van der Waals surface area contributed by atoms with Gasteiger partial charge in [0.25, 0.3) is 5.91 Å². The van der Waals surface area contributed by atoms with Gasteiger partial charge < -0.3 is 16.2 Å². The number of amides is 1. The largest absolute Gasteiger partial charge is 0.497 e. The van der Waals surface area contributed by atoms with Crippen LogP contribution in [-0.4, -0.2) is 23.0 Å². The molecule has 10 heteroatoms. The van der Waals surface area contributed by atoms with E-state index >= 15 is 0 Å². The number of rotatable bonds is 5. The van der Waals surface area contributed by atoms with Crippen molar-refractivity contribution in [3.63, 3.8) is 0 Å². The predicted octanol–water partition coefficient (Wildman–Crippen LogP) is 4.84. The van der Waals surface area contributed by atoms with E-state index in [1.165, 1.54) is 11.3 Å². The number of pyridine rings is 1. The number of ether oxygens (including phenoxy) is 1. The molecule has 162 valence electrons. The molecular weight excluding hydrogens is 444 g/mol. The standard InChI is InChI=1S/C22H20N6O2S2/c1-10(2)15-13(8-23)19(25)27-21-16(15)17(24)18(32-21)20(29)28-22-26-14(9-31-22)11-5-4-6-12(7-11)30-3/h4-7,9-10H,24H2,1-3H3,(H2,25,27)(H,26,28,29). The van der Waals surface area contributed by atoms with Crippen molar-refractivity contribution in [1.82, 2.24) is 9.97 Å². The summed E-state index contributed by atoms with van der Waals surface area (Å²) in [6, 6.07) is 9.64. The number of nitriles is 1. The number of anilines is 3. The van der Waals surface area contributed by atoms with Crippen molar-refractivity contribution >= 4 is 55.4 Å². The molecule has 5 N–H and O–H groups in total. The molecule has 1 aromatic carbocycles. The Morgan fingerprint density at radius 2 is 2.06 bits per heavy atom. The molecule has 0 unspecified atom stereocenters. The number of carbonyl (C=O) groups is 1. The Labute approximate surface area is 192 Å². The number of thiazole rings is 1. The van der Waals surface area contributed by atoms with Gasteiger partial charge in [0.1, 0.15) is 27.3 Å². The van der Waals surface area contributed by atoms with Crippen molar-refractivity contribution in [3.8, 4) is 23.1 Å². The van der Waals surface area contributed by atoms with Crippen LogP contribution in [0.25, 0.3) is 21.5 Å². The van der Waals surface area contributed by atoms with E-state index in [1.54, 1.807) is 7.11 Å². The number of thiophene rings is 1. The van der Waals surface area contributed by atoms with Gasteiger partial charge in [-0.1, -0.05) is 26.0 Å². The number of hydrogen-bond acceptors (Lipinski definition) is 9. The minimum atomic E-state index is -0.385. The SMILES string of the molecule is COc1cccc(-c2csc(NC(=O)c3sc4nc(N)c(C#N)c(C(C)C)c4c3N)n2)c1. The first kappa shape index (κ1) is 21.5. The summed E-state index contributed by atoms with van der Waals surface area (Å²) in [5, 5.41) is 15.3. The third-order valence-electron chi connectivity index (χ3n) is 4.93. The highest BCUT2D eigenvalue weighted by Gasteiger charge is 2.25. The second-order valence-electron chi connectivity index (χ2n) is 7.30. The van der Waals surface area contributed by atoms with Gasteiger partial charge in [0.2, 0.25) is 0 Å². The lowest BCUT2D eigenvalue weighted by Gasteiger charge is -2.12. The van der Waals surface area contributed by atoms with Gasteiger partial charge >= 0.3 is 0 Å². The van der Waals surface area contributed by atoms with E-state index in [1.807, 2.05) is 43.5 Å². The molecule has 3 heterocycles. The predicted molar refractivity (Wildman–Crippen MR) is 129 cm³/mol. The first-order valence-electron chi connectivity index (χ1n) is 9.66. The van der Waals surface area contributed by atoms with E-state index in [0.29, 0.717) is 37.0 Å². The molecule has 4 aromatic rings. The summed E-state index contributed by atoms with van der Waals surface area (Å²) >= 11 is 2.46. The minimum absolute atomic E-state index is 0.0188. The molecule has 0 spiro atoms. The molecule has 0 aliphatic heterocycles. The summed E-state index contributed by atoms with van der Waals surface area (Å²) in [5.41, 5.74) is 15.3. The number of methoxy groups -OCH3 is 1. The van der Waals surface area contributed by atoms with Crippen molar-refractivity contribution in [2.24, 2.45) is 0 Å². The molecule has 0 atom stereocenters. The smallest absolute Gasteiger partial charge is 0.269 e. The van der Waals surface area contributed by atoms with Crippen LogP contribution in [0.4, 0.5) is 16.6 Å². The van der Waals surface area contributed by atoms with Gasteiger partial charge in [-0.05, 0) is 23.6 Å². The van der Waals surface area contributed by atoms with Crippen LogP contribution < -0.4 is 21.5 Å². The number of carbonyl (C=O) groups excluding carboxylic acids is 1. The molecule has 1 amide bonds. The van der Waals surface area contributed by atoms with Gasteiger partial charge in [-0.3, -0.25) is 10.1 Å². The lowest BCUT2D eigenvalue weighted by atomic mass is 9.95. The maximum absolute atomic E-state index is 13.0. The average Bonchev–Trinajstić information content (AvgIpc) is 3.37. The van der Waals surface area contributed by atoms with Crippen LogP contribution in [0, 0.1) is 11.3 Å². The number of nitrogen functional groups attached to an aromatic ring is 2. The summed E-state index contributed by atoms with van der Waals surface area (Å²) in [5.74, 6) is 0.460. The Bertz CT molecular complexity index is 1380. The number of nitrogens with two attached hydrogens (primary N) is 2. The maximum atomic E-state index is 13.0. The zero-order valence-electron chi connectivity index (χ0n) is 17.6. The van der Waals surface area contributed by atoms with Crippen LogP contribution in [-0.2, 0) is 0 Å². The molecule has 32 heavy (non-hydrogen) atoms. The molecule has 0 saturated heterocycles. The number of benzene rings is 1. The molecule has 0 aliphatic carbocycles. The summed E-state index contributed by atoms with van der Waals surface area (Å²) < 4.78 is 5.26. The Hall–Kier alpha value is -3.68. The molecule has 0 bridgehead atoms. The summed E-state index contributed by atoms with van der Waals surface area (Å²) in [4.78, 5) is 22.7. The van der Waals surface area contributed by atoms with Crippen molar-refractivity contribution in [1.29, 1.82) is 5.26 Å². The summed E-state index contributed by atoms with van der Waals surface area (Å²) in [6.07, 6.45) is 0. The van der Waals surface area contributed by atoms with E-state index < -0.39 is 0 Å². The van der Waals surface area contributed by atoms with Gasteiger partial charge in [-0.2, -0.15) is 5.26 Å². The van der Waals surface area contributed by atoms with E-state index in [4.69, 9.17) is 16.2 Å². The van der Waals surface area contributed by atoms with Crippen LogP contribution in [0.1, 0.15) is 40.6 Å². The topological polar surface area (TPSA) is 140 Å². The number of aromatic nitrogens is 2. The van der Waals surface area contributed by atoms with Crippen LogP contribution >= 0.6 is 22.7 Å². The van der Waals surface area contributed by atoms with E-state index in [0.717, 1.165) is 28.3 Å². The number of nitrogens with zero attached hydrogens (tertiary/aromatic N) is 3. The fourth-order valence-corrected chi connectivity index (χ4v) is 5.19. The van der Waals surface area contributed by atoms with Gasteiger partial charge in [-0.25, -0.2) is 9.97 Å². The van der Waals surface area contributed by atoms with Crippen molar-refractivity contribution < 1.29 is 9.53 Å². The molecule has 8 nitrogen and oxygen atoms in total. The normalized spacial score (nSPS) is 11.0. The number of hydrogen-bond donors (Lipinski definition) is 3. The number of fused-ring (bicyclic) bond motifs is 1. The maximum Gasteiger partial charge on any atom is 0.269 e. The Kier molecular flexibility index (Phi) is 5.69. The quantitative estimate of drug-likeness (QED) is 0.384. The Balaban J connectivity index is 1.68. The Morgan fingerprint density at radius 1 is 1.28 bits per heavy atom.